The molecule has 1 fully saturated rings. The van der Waals surface area contributed by atoms with Crippen molar-refractivity contribution in [3.05, 3.63) is 61.4 Å². The van der Waals surface area contributed by atoms with Gasteiger partial charge in [0.15, 0.2) is 5.82 Å². The van der Waals surface area contributed by atoms with Gasteiger partial charge in [0, 0.05) is 67.1 Å². The van der Waals surface area contributed by atoms with Crippen LogP contribution in [-0.4, -0.2) is 42.5 Å². The molecule has 0 saturated heterocycles. The lowest BCUT2D eigenvalue weighted by molar-refractivity contribution is -0.125. The molecule has 8 heteroatoms. The first-order valence-corrected chi connectivity index (χ1v) is 11.3. The highest BCUT2D eigenvalue weighted by Gasteiger charge is 2.28. The number of benzene rings is 1. The van der Waals surface area contributed by atoms with Gasteiger partial charge in [-0.25, -0.2) is 9.97 Å². The Labute approximate surface area is 192 Å². The molecule has 1 saturated carbocycles. The van der Waals surface area contributed by atoms with E-state index in [9.17, 15) is 4.79 Å². The van der Waals surface area contributed by atoms with Crippen molar-refractivity contribution in [3.8, 4) is 33.6 Å². The van der Waals surface area contributed by atoms with Crippen molar-refractivity contribution in [2.24, 2.45) is 13.0 Å². The minimum Gasteiger partial charge on any atom is -0.359 e. The lowest BCUT2D eigenvalue weighted by atomic mass is 9.85. The van der Waals surface area contributed by atoms with Crippen molar-refractivity contribution in [1.82, 2.24) is 34.8 Å². The topological polar surface area (TPSA) is 90.5 Å². The van der Waals surface area contributed by atoms with Crippen molar-refractivity contribution in [2.75, 3.05) is 7.05 Å². The van der Waals surface area contributed by atoms with Crippen LogP contribution in [0.25, 0.3) is 33.6 Å². The predicted octanol–water partition coefficient (Wildman–Crippen LogP) is 3.88. The normalized spacial score (nSPS) is 18.2. The molecule has 5 rings (SSSR count). The highest BCUT2D eigenvalue weighted by atomic mass is 16.1. The van der Waals surface area contributed by atoms with E-state index in [0.29, 0.717) is 5.82 Å². The maximum atomic E-state index is 12.1. The third-order valence-corrected chi connectivity index (χ3v) is 6.38. The van der Waals surface area contributed by atoms with Gasteiger partial charge in [-0.3, -0.25) is 14.2 Å². The van der Waals surface area contributed by atoms with Crippen LogP contribution in [0.2, 0.25) is 0 Å². The van der Waals surface area contributed by atoms with E-state index in [0.717, 1.165) is 53.5 Å². The Bertz CT molecular complexity index is 1260. The third-order valence-electron chi connectivity index (χ3n) is 6.38. The summed E-state index contributed by atoms with van der Waals surface area (Å²) in [5.41, 5.74) is 5.00. The van der Waals surface area contributed by atoms with E-state index in [1.54, 1.807) is 11.7 Å². The number of hydrogen-bond donors (Lipinski definition) is 1. The first-order valence-electron chi connectivity index (χ1n) is 11.3. The van der Waals surface area contributed by atoms with Gasteiger partial charge in [0.25, 0.3) is 0 Å². The molecule has 1 aromatic carbocycles. The number of hydrogen-bond acceptors (Lipinski definition) is 5. The zero-order valence-electron chi connectivity index (χ0n) is 18.8. The summed E-state index contributed by atoms with van der Waals surface area (Å²) >= 11 is 0. The molecular weight excluding hydrogens is 414 g/mol. The van der Waals surface area contributed by atoms with Gasteiger partial charge in [0.05, 0.1) is 18.4 Å². The first-order chi connectivity index (χ1) is 16.1. The van der Waals surface area contributed by atoms with E-state index in [1.165, 1.54) is 0 Å². The number of carbonyl (C=O) groups excluding carboxylic acids is 1. The van der Waals surface area contributed by atoms with Gasteiger partial charge < -0.3 is 5.32 Å². The number of aromatic nitrogens is 6. The van der Waals surface area contributed by atoms with E-state index in [-0.39, 0.29) is 17.9 Å². The first kappa shape index (κ1) is 21.1. The van der Waals surface area contributed by atoms with E-state index >= 15 is 0 Å². The summed E-state index contributed by atoms with van der Waals surface area (Å²) in [5.74, 6) is 0.868. The SMILES string of the molecule is CNC(=O)[C@H]1CCC[C@@H](n2cc(-c3cnc(-c4cccc(-c5cnn(C)c5)c4)nc3)cn2)C1. The van der Waals surface area contributed by atoms with E-state index in [2.05, 4.69) is 37.6 Å². The molecule has 1 aliphatic rings. The Balaban J connectivity index is 1.33. The molecule has 1 aliphatic carbocycles. The van der Waals surface area contributed by atoms with Crippen molar-refractivity contribution in [3.63, 3.8) is 0 Å². The van der Waals surface area contributed by atoms with Gasteiger partial charge >= 0.3 is 0 Å². The lowest BCUT2D eigenvalue weighted by Crippen LogP contribution is -2.32. The van der Waals surface area contributed by atoms with Crippen LogP contribution in [0.5, 0.6) is 0 Å². The largest absolute Gasteiger partial charge is 0.359 e. The highest BCUT2D eigenvalue weighted by Crippen LogP contribution is 2.33. The van der Waals surface area contributed by atoms with E-state index in [1.807, 2.05) is 61.0 Å². The molecule has 0 aliphatic heterocycles. The second kappa shape index (κ2) is 8.97. The summed E-state index contributed by atoms with van der Waals surface area (Å²) in [4.78, 5) is 21.3. The fourth-order valence-electron chi connectivity index (χ4n) is 4.57. The third kappa shape index (κ3) is 4.41. The van der Waals surface area contributed by atoms with Crippen LogP contribution in [0, 0.1) is 5.92 Å². The van der Waals surface area contributed by atoms with Gasteiger partial charge in [-0.2, -0.15) is 10.2 Å². The zero-order chi connectivity index (χ0) is 22.8. The number of nitrogens with one attached hydrogen (secondary N) is 1. The van der Waals surface area contributed by atoms with Crippen LogP contribution < -0.4 is 5.32 Å². The second-order valence-corrected chi connectivity index (χ2v) is 8.62. The Morgan fingerprint density at radius 3 is 2.45 bits per heavy atom. The summed E-state index contributed by atoms with van der Waals surface area (Å²) in [6, 6.07) is 8.40. The molecule has 3 heterocycles. The van der Waals surface area contributed by atoms with Crippen molar-refractivity contribution < 1.29 is 4.79 Å². The number of aryl methyl sites for hydroxylation is 1. The van der Waals surface area contributed by atoms with Crippen LogP contribution in [0.3, 0.4) is 0 Å². The van der Waals surface area contributed by atoms with Crippen LogP contribution in [-0.2, 0) is 11.8 Å². The molecule has 2 atom stereocenters. The Morgan fingerprint density at radius 2 is 1.70 bits per heavy atom. The fraction of sp³-hybridized carbons (Fsp3) is 0.320. The zero-order valence-corrected chi connectivity index (χ0v) is 18.8. The monoisotopic (exact) mass is 441 g/mol. The summed E-state index contributed by atoms with van der Waals surface area (Å²) in [6.45, 7) is 0. The minimum absolute atomic E-state index is 0.0615. The Kier molecular flexibility index (Phi) is 5.73. The minimum atomic E-state index is 0.0615. The van der Waals surface area contributed by atoms with Crippen LogP contribution in [0.15, 0.2) is 61.4 Å². The molecule has 33 heavy (non-hydrogen) atoms. The molecule has 0 spiro atoms. The molecule has 3 aromatic heterocycles. The van der Waals surface area contributed by atoms with Gasteiger partial charge in [0.2, 0.25) is 5.91 Å². The number of amides is 1. The lowest BCUT2D eigenvalue weighted by Gasteiger charge is -2.28. The second-order valence-electron chi connectivity index (χ2n) is 8.62. The molecule has 8 nitrogen and oxygen atoms in total. The molecule has 0 radical (unpaired) electrons. The smallest absolute Gasteiger partial charge is 0.222 e. The standard InChI is InChI=1S/C25H27N7O/c1-26-25(33)19-7-4-8-23(10-19)32-16-22(14-30-32)20-11-27-24(28-12-20)18-6-3-5-17(9-18)21-13-29-31(2)15-21/h3,5-6,9,11-16,19,23H,4,7-8,10H2,1-2H3,(H,26,33)/t19-,23+/m0/s1. The molecule has 4 aromatic rings. The Hall–Kier alpha value is -3.81. The quantitative estimate of drug-likeness (QED) is 0.507. The molecular formula is C25H27N7O. The molecule has 0 bridgehead atoms. The van der Waals surface area contributed by atoms with Crippen LogP contribution >= 0.6 is 0 Å². The molecule has 1 amide bonds. The average molecular weight is 442 g/mol. The molecule has 168 valence electrons. The number of nitrogens with zero attached hydrogens (tertiary/aromatic N) is 6. The van der Waals surface area contributed by atoms with Crippen molar-refractivity contribution in [2.45, 2.75) is 31.7 Å². The van der Waals surface area contributed by atoms with Crippen molar-refractivity contribution in [1.29, 1.82) is 0 Å². The van der Waals surface area contributed by atoms with E-state index in [4.69, 9.17) is 0 Å². The summed E-state index contributed by atoms with van der Waals surface area (Å²) in [7, 11) is 3.61. The van der Waals surface area contributed by atoms with Gasteiger partial charge in [-0.1, -0.05) is 24.6 Å². The average Bonchev–Trinajstić information content (AvgIpc) is 3.53. The summed E-state index contributed by atoms with van der Waals surface area (Å²) < 4.78 is 3.79. The van der Waals surface area contributed by atoms with Gasteiger partial charge in [0.1, 0.15) is 0 Å². The summed E-state index contributed by atoms with van der Waals surface area (Å²) in [6.07, 6.45) is 15.3. The number of rotatable bonds is 5. The Morgan fingerprint density at radius 1 is 0.939 bits per heavy atom. The van der Waals surface area contributed by atoms with Gasteiger partial charge in [-0.15, -0.1) is 0 Å². The number of carbonyl (C=O) groups is 1. The highest BCUT2D eigenvalue weighted by molar-refractivity contribution is 5.78. The molecule has 0 unspecified atom stereocenters. The van der Waals surface area contributed by atoms with Gasteiger partial charge in [-0.05, 0) is 30.9 Å². The van der Waals surface area contributed by atoms with E-state index < -0.39 is 0 Å². The fourth-order valence-corrected chi connectivity index (χ4v) is 4.57. The molecule has 1 N–H and O–H groups in total. The van der Waals surface area contributed by atoms with Crippen molar-refractivity contribution >= 4 is 5.91 Å². The van der Waals surface area contributed by atoms with Crippen LogP contribution in [0.4, 0.5) is 0 Å². The predicted molar refractivity (Wildman–Crippen MR) is 126 cm³/mol. The summed E-state index contributed by atoms with van der Waals surface area (Å²) in [5, 5.41) is 11.6. The maximum absolute atomic E-state index is 12.1. The van der Waals surface area contributed by atoms with Crippen LogP contribution in [0.1, 0.15) is 31.7 Å². The maximum Gasteiger partial charge on any atom is 0.222 e.